The molecule has 1 nitrogen and oxygen atoms in total. The van der Waals surface area contributed by atoms with Crippen LogP contribution in [0, 0.1) is 0 Å². The maximum absolute atomic E-state index is 10.8. The van der Waals surface area contributed by atoms with Crippen LogP contribution in [0.5, 0.6) is 5.75 Å². The Bertz CT molecular complexity index is 600. The van der Waals surface area contributed by atoms with Crippen LogP contribution in [0.3, 0.4) is 0 Å². The monoisotopic (exact) mass is 312 g/mol. The van der Waals surface area contributed by atoms with Crippen molar-refractivity contribution in [1.82, 2.24) is 0 Å². The van der Waals surface area contributed by atoms with Gasteiger partial charge in [-0.25, -0.2) is 0 Å². The van der Waals surface area contributed by atoms with Gasteiger partial charge in [-0.2, -0.15) is 0 Å². The average Bonchev–Trinajstić information content (AvgIpc) is 2.57. The number of rotatable bonds is 10. The van der Waals surface area contributed by atoms with E-state index < -0.39 is 0 Å². The Balaban J connectivity index is 2.20. The highest BCUT2D eigenvalue weighted by Gasteiger charge is 2.12. The molecule has 0 aliphatic rings. The number of aromatic hydroxyl groups is 1. The summed E-state index contributed by atoms with van der Waals surface area (Å²) < 4.78 is 0. The first-order valence-electron chi connectivity index (χ1n) is 9.50. The molecule has 1 N–H and O–H groups in total. The number of hydrogen-bond donors (Lipinski definition) is 1. The Labute approximate surface area is 141 Å². The van der Waals surface area contributed by atoms with E-state index in [2.05, 4.69) is 44.2 Å². The van der Waals surface area contributed by atoms with E-state index in [1.54, 1.807) is 0 Å². The fourth-order valence-corrected chi connectivity index (χ4v) is 3.39. The van der Waals surface area contributed by atoms with E-state index in [1.165, 1.54) is 67.7 Å². The lowest BCUT2D eigenvalue weighted by Gasteiger charge is -2.14. The van der Waals surface area contributed by atoms with Crippen LogP contribution >= 0.6 is 0 Å². The Hall–Kier alpha value is -1.50. The summed E-state index contributed by atoms with van der Waals surface area (Å²) >= 11 is 0. The third-order valence-electron chi connectivity index (χ3n) is 4.79. The third-order valence-corrected chi connectivity index (χ3v) is 4.79. The van der Waals surface area contributed by atoms with Crippen molar-refractivity contribution in [2.45, 2.75) is 78.1 Å². The molecule has 0 aromatic heterocycles. The van der Waals surface area contributed by atoms with Crippen molar-refractivity contribution < 1.29 is 5.11 Å². The van der Waals surface area contributed by atoms with Crippen LogP contribution in [0.15, 0.2) is 30.3 Å². The highest BCUT2D eigenvalue weighted by Crippen LogP contribution is 2.33. The average molecular weight is 312 g/mol. The van der Waals surface area contributed by atoms with Gasteiger partial charge in [0.05, 0.1) is 0 Å². The van der Waals surface area contributed by atoms with Crippen molar-refractivity contribution in [2.24, 2.45) is 0 Å². The SMILES string of the molecule is CCCCCCc1cc2ccccc2c(CCCCCC)c1O. The maximum Gasteiger partial charge on any atom is 0.122 e. The molecule has 2 rings (SSSR count). The number of benzene rings is 2. The van der Waals surface area contributed by atoms with Gasteiger partial charge in [0.1, 0.15) is 5.75 Å². The molecule has 0 saturated heterocycles. The van der Waals surface area contributed by atoms with Crippen LogP contribution in [-0.2, 0) is 12.8 Å². The Kier molecular flexibility index (Phi) is 7.45. The maximum atomic E-state index is 10.8. The largest absolute Gasteiger partial charge is 0.507 e. The Morgan fingerprint density at radius 3 is 2.13 bits per heavy atom. The number of phenols is 1. The van der Waals surface area contributed by atoms with Gasteiger partial charge in [-0.1, -0.05) is 76.6 Å². The van der Waals surface area contributed by atoms with Crippen molar-refractivity contribution in [3.05, 3.63) is 41.5 Å². The molecular formula is C22H32O. The summed E-state index contributed by atoms with van der Waals surface area (Å²) in [6, 6.07) is 10.7. The fourth-order valence-electron chi connectivity index (χ4n) is 3.39. The summed E-state index contributed by atoms with van der Waals surface area (Å²) in [6.45, 7) is 4.48. The molecule has 0 unspecified atom stereocenters. The highest BCUT2D eigenvalue weighted by molar-refractivity contribution is 5.88. The molecule has 2 aromatic rings. The van der Waals surface area contributed by atoms with Crippen LogP contribution in [0.1, 0.15) is 76.3 Å². The second-order valence-corrected chi connectivity index (χ2v) is 6.71. The van der Waals surface area contributed by atoms with Gasteiger partial charge in [0.25, 0.3) is 0 Å². The standard InChI is InChI=1S/C22H32O/c1-3-5-7-9-14-19-17-18-13-11-12-15-20(18)21(22(19)23)16-10-8-6-4-2/h11-13,15,17,23H,3-10,14,16H2,1-2H3. The molecule has 2 aromatic carbocycles. The summed E-state index contributed by atoms with van der Waals surface area (Å²) in [5.41, 5.74) is 2.31. The van der Waals surface area contributed by atoms with E-state index in [-0.39, 0.29) is 0 Å². The first kappa shape index (κ1) is 17.8. The number of aryl methyl sites for hydroxylation is 2. The highest BCUT2D eigenvalue weighted by atomic mass is 16.3. The molecular weight excluding hydrogens is 280 g/mol. The minimum Gasteiger partial charge on any atom is -0.507 e. The zero-order valence-electron chi connectivity index (χ0n) is 14.9. The van der Waals surface area contributed by atoms with E-state index in [0.29, 0.717) is 5.75 Å². The number of phenolic OH excluding ortho intramolecular Hbond substituents is 1. The lowest BCUT2D eigenvalue weighted by Crippen LogP contribution is -1.95. The van der Waals surface area contributed by atoms with Crippen molar-refractivity contribution in [2.75, 3.05) is 0 Å². The molecule has 0 heterocycles. The second-order valence-electron chi connectivity index (χ2n) is 6.71. The summed E-state index contributed by atoms with van der Waals surface area (Å²) in [4.78, 5) is 0. The third kappa shape index (κ3) is 4.99. The van der Waals surface area contributed by atoms with E-state index in [9.17, 15) is 5.11 Å². The molecule has 126 valence electrons. The molecule has 23 heavy (non-hydrogen) atoms. The minimum absolute atomic E-state index is 0.566. The zero-order chi connectivity index (χ0) is 16.5. The van der Waals surface area contributed by atoms with E-state index in [0.717, 1.165) is 18.4 Å². The second kappa shape index (κ2) is 9.60. The van der Waals surface area contributed by atoms with Crippen LogP contribution in [0.25, 0.3) is 10.8 Å². The lowest BCUT2D eigenvalue weighted by atomic mass is 9.93. The van der Waals surface area contributed by atoms with Gasteiger partial charge in [0, 0.05) is 5.56 Å². The van der Waals surface area contributed by atoms with Crippen LogP contribution in [0.2, 0.25) is 0 Å². The molecule has 0 aliphatic carbocycles. The van der Waals surface area contributed by atoms with Gasteiger partial charge in [0.15, 0.2) is 0 Å². The molecule has 0 atom stereocenters. The minimum atomic E-state index is 0.566. The van der Waals surface area contributed by atoms with E-state index >= 15 is 0 Å². The topological polar surface area (TPSA) is 20.2 Å². The molecule has 0 spiro atoms. The van der Waals surface area contributed by atoms with Gasteiger partial charge in [-0.15, -0.1) is 0 Å². The number of unbranched alkanes of at least 4 members (excludes halogenated alkanes) is 6. The van der Waals surface area contributed by atoms with E-state index in [1.807, 2.05) is 0 Å². The van der Waals surface area contributed by atoms with Crippen LogP contribution in [-0.4, -0.2) is 5.11 Å². The Morgan fingerprint density at radius 2 is 1.43 bits per heavy atom. The van der Waals surface area contributed by atoms with Crippen molar-refractivity contribution in [3.63, 3.8) is 0 Å². The quantitative estimate of drug-likeness (QED) is 0.479. The van der Waals surface area contributed by atoms with Crippen LogP contribution < -0.4 is 0 Å². The predicted molar refractivity (Wildman–Crippen MR) is 101 cm³/mol. The lowest BCUT2D eigenvalue weighted by molar-refractivity contribution is 0.459. The molecule has 1 heteroatoms. The first-order valence-corrected chi connectivity index (χ1v) is 9.50. The predicted octanol–water partition coefficient (Wildman–Crippen LogP) is 6.79. The number of hydrogen-bond acceptors (Lipinski definition) is 1. The first-order chi connectivity index (χ1) is 11.3. The van der Waals surface area contributed by atoms with E-state index in [4.69, 9.17) is 0 Å². The summed E-state index contributed by atoms with van der Waals surface area (Å²) in [6.07, 6.45) is 11.9. The number of fused-ring (bicyclic) bond motifs is 1. The summed E-state index contributed by atoms with van der Waals surface area (Å²) in [5, 5.41) is 13.3. The zero-order valence-corrected chi connectivity index (χ0v) is 14.9. The molecule has 0 amide bonds. The smallest absolute Gasteiger partial charge is 0.122 e. The molecule has 0 radical (unpaired) electrons. The molecule has 0 aliphatic heterocycles. The van der Waals surface area contributed by atoms with Gasteiger partial charge in [-0.3, -0.25) is 0 Å². The normalized spacial score (nSPS) is 11.2. The molecule has 0 bridgehead atoms. The van der Waals surface area contributed by atoms with Gasteiger partial charge < -0.3 is 5.11 Å². The summed E-state index contributed by atoms with van der Waals surface area (Å²) in [7, 11) is 0. The van der Waals surface area contributed by atoms with Crippen LogP contribution in [0.4, 0.5) is 0 Å². The van der Waals surface area contributed by atoms with Gasteiger partial charge >= 0.3 is 0 Å². The Morgan fingerprint density at radius 1 is 0.783 bits per heavy atom. The van der Waals surface area contributed by atoms with Crippen molar-refractivity contribution in [3.8, 4) is 5.75 Å². The fraction of sp³-hybridized carbons (Fsp3) is 0.545. The molecule has 0 fully saturated rings. The van der Waals surface area contributed by atoms with Crippen molar-refractivity contribution >= 4 is 10.8 Å². The molecule has 0 saturated carbocycles. The van der Waals surface area contributed by atoms with Gasteiger partial charge in [0.2, 0.25) is 0 Å². The summed E-state index contributed by atoms with van der Waals surface area (Å²) in [5.74, 6) is 0.566. The van der Waals surface area contributed by atoms with Crippen molar-refractivity contribution in [1.29, 1.82) is 0 Å². The van der Waals surface area contributed by atoms with Gasteiger partial charge in [-0.05, 0) is 48.1 Å².